The fourth-order valence-corrected chi connectivity index (χ4v) is 4.12. The highest BCUT2D eigenvalue weighted by Crippen LogP contribution is 2.42. The van der Waals surface area contributed by atoms with E-state index in [1.807, 2.05) is 4.90 Å². The molecule has 176 valence electrons. The van der Waals surface area contributed by atoms with Crippen molar-refractivity contribution in [1.29, 1.82) is 0 Å². The quantitative estimate of drug-likeness (QED) is 0.360. The molecule has 0 bridgehead atoms. The molecule has 0 atom stereocenters. The number of esters is 1. The Kier molecular flexibility index (Phi) is 6.40. The molecular formula is C22H19ClF4N2O4. The topological polar surface area (TPSA) is 52.9 Å². The number of nitrogens with zero attached hydrogens (tertiary/aromatic N) is 2. The number of benzene rings is 2. The van der Waals surface area contributed by atoms with Crippen molar-refractivity contribution in [3.05, 3.63) is 52.9 Å². The number of morpholine rings is 1. The van der Waals surface area contributed by atoms with Crippen LogP contribution < -0.4 is 9.64 Å². The number of aromatic nitrogens is 1. The second-order valence-corrected chi connectivity index (χ2v) is 7.53. The average Bonchev–Trinajstić information content (AvgIpc) is 3.12. The van der Waals surface area contributed by atoms with E-state index in [2.05, 4.69) is 4.74 Å². The average molecular weight is 487 g/mol. The molecular weight excluding hydrogens is 468 g/mol. The Morgan fingerprint density at radius 2 is 1.91 bits per heavy atom. The van der Waals surface area contributed by atoms with Crippen LogP contribution in [0.25, 0.3) is 16.6 Å². The smallest absolute Gasteiger partial charge is 0.461 e. The third-order valence-corrected chi connectivity index (χ3v) is 5.47. The molecule has 1 aromatic heterocycles. The Hall–Kier alpha value is -2.98. The molecule has 0 amide bonds. The molecule has 1 saturated heterocycles. The lowest BCUT2D eigenvalue weighted by Crippen LogP contribution is -2.37. The lowest BCUT2D eigenvalue weighted by Gasteiger charge is -2.29. The number of anilines is 1. The van der Waals surface area contributed by atoms with Crippen LogP contribution in [0.15, 0.2) is 36.4 Å². The maximum Gasteiger partial charge on any atom is 0.573 e. The zero-order valence-corrected chi connectivity index (χ0v) is 18.2. The monoisotopic (exact) mass is 486 g/mol. The summed E-state index contributed by atoms with van der Waals surface area (Å²) in [5.41, 5.74) is 0.867. The van der Waals surface area contributed by atoms with Gasteiger partial charge in [0, 0.05) is 24.5 Å². The van der Waals surface area contributed by atoms with Crippen LogP contribution in [0, 0.1) is 5.82 Å². The highest BCUT2D eigenvalue weighted by Gasteiger charge is 2.33. The van der Waals surface area contributed by atoms with Gasteiger partial charge in [0.25, 0.3) is 0 Å². The van der Waals surface area contributed by atoms with E-state index in [1.165, 1.54) is 22.8 Å². The van der Waals surface area contributed by atoms with Crippen molar-refractivity contribution in [2.24, 2.45) is 0 Å². The minimum absolute atomic E-state index is 0.0189. The van der Waals surface area contributed by atoms with Gasteiger partial charge in [-0.3, -0.25) is 0 Å². The van der Waals surface area contributed by atoms with Crippen molar-refractivity contribution in [3.8, 4) is 11.4 Å². The van der Waals surface area contributed by atoms with Crippen molar-refractivity contribution in [3.63, 3.8) is 0 Å². The van der Waals surface area contributed by atoms with Crippen molar-refractivity contribution in [2.75, 3.05) is 37.8 Å². The SMILES string of the molecule is CCOC(=O)c1c(N2CCOCC2)c2c(Cl)c(F)ccc2n1-c1cccc(OC(F)(F)F)c1. The zero-order chi connectivity index (χ0) is 23.8. The maximum atomic E-state index is 14.5. The molecule has 1 fully saturated rings. The summed E-state index contributed by atoms with van der Waals surface area (Å²) in [5.74, 6) is -1.90. The molecule has 4 rings (SSSR count). The molecule has 11 heteroatoms. The normalized spacial score (nSPS) is 14.5. The number of halogens is 5. The van der Waals surface area contributed by atoms with Gasteiger partial charge in [-0.25, -0.2) is 9.18 Å². The summed E-state index contributed by atoms with van der Waals surface area (Å²) in [5, 5.41) is 0.0461. The first kappa shape index (κ1) is 23.2. The summed E-state index contributed by atoms with van der Waals surface area (Å²) in [4.78, 5) is 15.0. The molecule has 1 aliphatic heterocycles. The van der Waals surface area contributed by atoms with E-state index in [4.69, 9.17) is 21.1 Å². The van der Waals surface area contributed by atoms with Gasteiger partial charge in [0.15, 0.2) is 5.69 Å². The predicted molar refractivity (Wildman–Crippen MR) is 114 cm³/mol. The van der Waals surface area contributed by atoms with Crippen molar-refractivity contribution in [2.45, 2.75) is 13.3 Å². The molecule has 0 radical (unpaired) electrons. The van der Waals surface area contributed by atoms with Crippen LogP contribution in [-0.4, -0.2) is 49.8 Å². The molecule has 0 N–H and O–H groups in total. The first-order valence-corrected chi connectivity index (χ1v) is 10.5. The van der Waals surface area contributed by atoms with E-state index in [-0.39, 0.29) is 28.4 Å². The minimum Gasteiger partial charge on any atom is -0.461 e. The van der Waals surface area contributed by atoms with Crippen LogP contribution in [0.1, 0.15) is 17.4 Å². The summed E-state index contributed by atoms with van der Waals surface area (Å²) in [6.07, 6.45) is -4.90. The highest BCUT2D eigenvalue weighted by atomic mass is 35.5. The summed E-state index contributed by atoms with van der Waals surface area (Å²) in [6.45, 7) is 3.23. The van der Waals surface area contributed by atoms with E-state index >= 15 is 0 Å². The van der Waals surface area contributed by atoms with Gasteiger partial charge >= 0.3 is 12.3 Å². The number of carbonyl (C=O) groups is 1. The molecule has 0 saturated carbocycles. The lowest BCUT2D eigenvalue weighted by atomic mass is 10.2. The summed E-state index contributed by atoms with van der Waals surface area (Å²) in [7, 11) is 0. The second kappa shape index (κ2) is 9.11. The Morgan fingerprint density at radius 3 is 2.58 bits per heavy atom. The minimum atomic E-state index is -4.90. The van der Waals surface area contributed by atoms with Crippen LogP contribution >= 0.6 is 11.6 Å². The zero-order valence-electron chi connectivity index (χ0n) is 17.4. The van der Waals surface area contributed by atoms with Crippen LogP contribution in [0.4, 0.5) is 23.2 Å². The molecule has 1 aliphatic rings. The fourth-order valence-electron chi connectivity index (χ4n) is 3.87. The fraction of sp³-hybridized carbons (Fsp3) is 0.318. The van der Waals surface area contributed by atoms with Gasteiger partial charge in [0.2, 0.25) is 0 Å². The van der Waals surface area contributed by atoms with Gasteiger partial charge in [-0.05, 0) is 31.2 Å². The molecule has 6 nitrogen and oxygen atoms in total. The Bertz CT molecular complexity index is 1190. The maximum absolute atomic E-state index is 14.5. The third kappa shape index (κ3) is 4.58. The third-order valence-electron chi connectivity index (χ3n) is 5.10. The molecule has 2 aromatic carbocycles. The van der Waals surface area contributed by atoms with Crippen molar-refractivity contribution < 1.29 is 36.6 Å². The summed E-state index contributed by atoms with van der Waals surface area (Å²) < 4.78 is 69.0. The molecule has 0 aliphatic carbocycles. The lowest BCUT2D eigenvalue weighted by molar-refractivity contribution is -0.274. The van der Waals surface area contributed by atoms with Crippen LogP contribution in [0.3, 0.4) is 0 Å². The Balaban J connectivity index is 2.03. The van der Waals surface area contributed by atoms with Crippen molar-refractivity contribution >= 4 is 34.2 Å². The number of hydrogen-bond acceptors (Lipinski definition) is 5. The standard InChI is InChI=1S/C22H19ClF4N2O4/c1-2-32-21(30)20-19(28-8-10-31-11-9-28)17-16(7-6-15(24)18(17)23)29(20)13-4-3-5-14(12-13)33-22(25,26)27/h3-7,12H,2,8-11H2,1H3. The number of fused-ring (bicyclic) bond motifs is 1. The number of rotatable bonds is 5. The van der Waals surface area contributed by atoms with E-state index in [0.717, 1.165) is 18.2 Å². The number of hydrogen-bond donors (Lipinski definition) is 0. The Labute approximate surface area is 191 Å². The molecule has 33 heavy (non-hydrogen) atoms. The number of carbonyl (C=O) groups excluding carboxylic acids is 1. The van der Waals surface area contributed by atoms with Gasteiger partial charge in [0.1, 0.15) is 11.6 Å². The van der Waals surface area contributed by atoms with Gasteiger partial charge in [-0.2, -0.15) is 0 Å². The van der Waals surface area contributed by atoms with Gasteiger partial charge in [-0.1, -0.05) is 17.7 Å². The number of alkyl halides is 3. The van der Waals surface area contributed by atoms with E-state index in [9.17, 15) is 22.4 Å². The Morgan fingerprint density at radius 1 is 1.18 bits per heavy atom. The van der Waals surface area contributed by atoms with E-state index < -0.39 is 23.9 Å². The molecule has 2 heterocycles. The van der Waals surface area contributed by atoms with Crippen LogP contribution in [0.2, 0.25) is 5.02 Å². The summed E-state index contributed by atoms with van der Waals surface area (Å²) >= 11 is 6.35. The summed E-state index contributed by atoms with van der Waals surface area (Å²) in [6, 6.07) is 7.69. The first-order chi connectivity index (χ1) is 15.7. The van der Waals surface area contributed by atoms with E-state index in [1.54, 1.807) is 6.92 Å². The highest BCUT2D eigenvalue weighted by molar-refractivity contribution is 6.37. The van der Waals surface area contributed by atoms with Crippen molar-refractivity contribution in [1.82, 2.24) is 4.57 Å². The second-order valence-electron chi connectivity index (χ2n) is 7.15. The first-order valence-electron chi connectivity index (χ1n) is 10.1. The van der Waals surface area contributed by atoms with Crippen LogP contribution in [-0.2, 0) is 9.47 Å². The van der Waals surface area contributed by atoms with E-state index in [0.29, 0.717) is 37.5 Å². The molecule has 0 unspecified atom stereocenters. The largest absolute Gasteiger partial charge is 0.573 e. The van der Waals surface area contributed by atoms with Crippen LogP contribution in [0.5, 0.6) is 5.75 Å². The molecule has 0 spiro atoms. The number of ether oxygens (including phenoxy) is 3. The molecule has 3 aromatic rings. The van der Waals surface area contributed by atoms with Gasteiger partial charge in [0.05, 0.1) is 41.7 Å². The predicted octanol–water partition coefficient (Wildman–Crippen LogP) is 5.33. The van der Waals surface area contributed by atoms with Gasteiger partial charge < -0.3 is 23.7 Å². The van der Waals surface area contributed by atoms with Gasteiger partial charge in [-0.15, -0.1) is 13.2 Å².